The Balaban J connectivity index is 1.15. The molecule has 0 aromatic heterocycles. The molecule has 1 saturated carbocycles. The normalized spacial score (nSPS) is 20.3. The van der Waals surface area contributed by atoms with Gasteiger partial charge in [0, 0.05) is 49.7 Å². The maximum Gasteiger partial charge on any atom is 0.317 e. The summed E-state index contributed by atoms with van der Waals surface area (Å²) in [6.07, 6.45) is 0.884. The minimum Gasteiger partial charge on any atom is -0.497 e. The molecule has 0 bridgehead atoms. The van der Waals surface area contributed by atoms with Crippen molar-refractivity contribution in [3.63, 3.8) is 0 Å². The first-order valence-corrected chi connectivity index (χ1v) is 13.3. The van der Waals surface area contributed by atoms with Crippen molar-refractivity contribution >= 4 is 17.6 Å². The number of ether oxygens (including phenoxy) is 2. The standard InChI is InChI=1S/C30H34ClN3O3/c1-36-26-12-6-10-24(18-26)29(37-21-22-7-5-11-25(31)17-22)20-33-13-15-34(16-14-33)30(35)32-28-19-27(28)23-8-3-2-4-9-23/h2-12,17-18,27-29H,13-16,19-21H2,1H3,(H,32,35)/t27-,28-,29+/m0/s1. The number of hydrogen-bond donors (Lipinski definition) is 1. The number of carbonyl (C=O) groups is 1. The van der Waals surface area contributed by atoms with Gasteiger partial charge in [0.25, 0.3) is 0 Å². The van der Waals surface area contributed by atoms with Crippen LogP contribution in [0.15, 0.2) is 78.9 Å². The lowest BCUT2D eigenvalue weighted by atomic mass is 10.1. The van der Waals surface area contributed by atoms with Crippen molar-refractivity contribution in [2.75, 3.05) is 39.8 Å². The van der Waals surface area contributed by atoms with Crippen molar-refractivity contribution in [1.82, 2.24) is 15.1 Å². The fraction of sp³-hybridized carbons (Fsp3) is 0.367. The Morgan fingerprint density at radius 1 is 1.00 bits per heavy atom. The van der Waals surface area contributed by atoms with Crippen molar-refractivity contribution in [3.05, 3.63) is 101 Å². The number of hydrogen-bond acceptors (Lipinski definition) is 4. The van der Waals surface area contributed by atoms with E-state index in [1.807, 2.05) is 53.4 Å². The van der Waals surface area contributed by atoms with Crippen LogP contribution in [0.2, 0.25) is 5.02 Å². The summed E-state index contributed by atoms with van der Waals surface area (Å²) in [6, 6.07) is 26.5. The Morgan fingerprint density at radius 2 is 1.78 bits per heavy atom. The quantitative estimate of drug-likeness (QED) is 0.406. The summed E-state index contributed by atoms with van der Waals surface area (Å²) in [5.41, 5.74) is 3.41. The molecule has 1 aliphatic carbocycles. The number of benzene rings is 3. The molecule has 7 heteroatoms. The number of amides is 2. The van der Waals surface area contributed by atoms with E-state index in [2.05, 4.69) is 40.5 Å². The average Bonchev–Trinajstić information content (AvgIpc) is 3.71. The van der Waals surface area contributed by atoms with Gasteiger partial charge in [-0.05, 0) is 47.4 Å². The number of urea groups is 1. The molecular formula is C30H34ClN3O3. The van der Waals surface area contributed by atoms with Gasteiger partial charge in [-0.15, -0.1) is 0 Å². The number of rotatable bonds is 9. The molecule has 5 rings (SSSR count). The second-order valence-electron chi connectivity index (χ2n) is 9.80. The van der Waals surface area contributed by atoms with Gasteiger partial charge >= 0.3 is 6.03 Å². The first-order valence-electron chi connectivity index (χ1n) is 12.9. The third-order valence-corrected chi connectivity index (χ3v) is 7.45. The molecule has 1 aliphatic heterocycles. The van der Waals surface area contributed by atoms with Crippen molar-refractivity contribution in [2.45, 2.75) is 31.1 Å². The lowest BCUT2D eigenvalue weighted by Crippen LogP contribution is -2.52. The number of nitrogens with zero attached hydrogens (tertiary/aromatic N) is 2. The molecule has 3 aromatic rings. The highest BCUT2D eigenvalue weighted by Crippen LogP contribution is 2.40. The summed E-state index contributed by atoms with van der Waals surface area (Å²) in [7, 11) is 1.68. The highest BCUT2D eigenvalue weighted by atomic mass is 35.5. The molecule has 1 heterocycles. The van der Waals surface area contributed by atoms with Crippen molar-refractivity contribution in [1.29, 1.82) is 0 Å². The number of nitrogens with one attached hydrogen (secondary N) is 1. The second-order valence-corrected chi connectivity index (χ2v) is 10.2. The minimum absolute atomic E-state index is 0.0460. The fourth-order valence-corrected chi connectivity index (χ4v) is 5.17. The van der Waals surface area contributed by atoms with E-state index in [-0.39, 0.29) is 18.2 Å². The first-order chi connectivity index (χ1) is 18.1. The molecular weight excluding hydrogens is 486 g/mol. The van der Waals surface area contributed by atoms with Gasteiger partial charge in [0.2, 0.25) is 0 Å². The highest BCUT2D eigenvalue weighted by Gasteiger charge is 2.40. The minimum atomic E-state index is -0.132. The summed E-state index contributed by atoms with van der Waals surface area (Å²) in [4.78, 5) is 17.2. The van der Waals surface area contributed by atoms with E-state index in [1.165, 1.54) is 5.56 Å². The molecule has 3 atom stereocenters. The van der Waals surface area contributed by atoms with E-state index in [0.29, 0.717) is 30.6 Å². The van der Waals surface area contributed by atoms with Gasteiger partial charge in [-0.25, -0.2) is 4.79 Å². The Morgan fingerprint density at radius 3 is 2.54 bits per heavy atom. The monoisotopic (exact) mass is 519 g/mol. The van der Waals surface area contributed by atoms with E-state index in [9.17, 15) is 4.79 Å². The topological polar surface area (TPSA) is 54.0 Å². The zero-order valence-electron chi connectivity index (χ0n) is 21.2. The van der Waals surface area contributed by atoms with E-state index < -0.39 is 0 Å². The summed E-state index contributed by atoms with van der Waals surface area (Å²) < 4.78 is 11.9. The largest absolute Gasteiger partial charge is 0.497 e. The first kappa shape index (κ1) is 25.6. The van der Waals surface area contributed by atoms with Gasteiger partial charge in [-0.2, -0.15) is 0 Å². The lowest BCUT2D eigenvalue weighted by molar-refractivity contribution is 0.00546. The highest BCUT2D eigenvalue weighted by molar-refractivity contribution is 6.30. The van der Waals surface area contributed by atoms with Crippen LogP contribution in [0.3, 0.4) is 0 Å². The van der Waals surface area contributed by atoms with Crippen LogP contribution in [0.5, 0.6) is 5.75 Å². The predicted octanol–water partition coefficient (Wildman–Crippen LogP) is 5.49. The second kappa shape index (κ2) is 12.0. The van der Waals surface area contributed by atoms with Crippen LogP contribution < -0.4 is 10.1 Å². The maximum atomic E-state index is 12.9. The number of halogens is 1. The summed E-state index contributed by atoms with van der Waals surface area (Å²) in [6.45, 7) is 4.22. The van der Waals surface area contributed by atoms with Gasteiger partial charge in [0.05, 0.1) is 19.8 Å². The summed E-state index contributed by atoms with van der Waals surface area (Å²) in [5.74, 6) is 1.25. The predicted molar refractivity (Wildman–Crippen MR) is 146 cm³/mol. The van der Waals surface area contributed by atoms with Gasteiger partial charge < -0.3 is 19.7 Å². The van der Waals surface area contributed by atoms with Gasteiger partial charge in [-0.1, -0.05) is 66.2 Å². The van der Waals surface area contributed by atoms with Crippen molar-refractivity contribution in [2.24, 2.45) is 0 Å². The average molecular weight is 520 g/mol. The smallest absolute Gasteiger partial charge is 0.317 e. The zero-order valence-corrected chi connectivity index (χ0v) is 21.9. The lowest BCUT2D eigenvalue weighted by Gasteiger charge is -2.36. The van der Waals surface area contributed by atoms with Crippen LogP contribution >= 0.6 is 11.6 Å². The number of piperazine rings is 1. The molecule has 1 N–H and O–H groups in total. The SMILES string of the molecule is COc1cccc([C@@H](CN2CCN(C(=O)N[C@H]3C[C@H]3c3ccccc3)CC2)OCc2cccc(Cl)c2)c1. The zero-order chi connectivity index (χ0) is 25.6. The molecule has 0 radical (unpaired) electrons. The molecule has 37 heavy (non-hydrogen) atoms. The number of methoxy groups -OCH3 is 1. The Hall–Kier alpha value is -3.06. The molecule has 2 amide bonds. The van der Waals surface area contributed by atoms with Gasteiger partial charge in [0.15, 0.2) is 0 Å². The Kier molecular flexibility index (Phi) is 8.29. The summed E-state index contributed by atoms with van der Waals surface area (Å²) >= 11 is 6.17. The van der Waals surface area contributed by atoms with Crippen LogP contribution in [-0.4, -0.2) is 61.7 Å². The van der Waals surface area contributed by atoms with E-state index in [1.54, 1.807) is 7.11 Å². The van der Waals surface area contributed by atoms with E-state index in [4.69, 9.17) is 21.1 Å². The molecule has 1 saturated heterocycles. The van der Waals surface area contributed by atoms with Crippen LogP contribution in [0.4, 0.5) is 4.79 Å². The van der Waals surface area contributed by atoms with Crippen LogP contribution in [0.25, 0.3) is 0 Å². The molecule has 194 valence electrons. The maximum absolute atomic E-state index is 12.9. The van der Waals surface area contributed by atoms with E-state index in [0.717, 1.165) is 42.9 Å². The Bertz CT molecular complexity index is 1180. The van der Waals surface area contributed by atoms with Crippen LogP contribution in [0.1, 0.15) is 35.1 Å². The van der Waals surface area contributed by atoms with Crippen molar-refractivity contribution in [3.8, 4) is 5.75 Å². The fourth-order valence-electron chi connectivity index (χ4n) is 4.96. The molecule has 0 unspecified atom stereocenters. The molecule has 6 nitrogen and oxygen atoms in total. The number of carbonyl (C=O) groups excluding carboxylic acids is 1. The van der Waals surface area contributed by atoms with Crippen LogP contribution in [-0.2, 0) is 11.3 Å². The third-order valence-electron chi connectivity index (χ3n) is 7.22. The molecule has 2 aliphatic rings. The molecule has 0 spiro atoms. The van der Waals surface area contributed by atoms with Crippen molar-refractivity contribution < 1.29 is 14.3 Å². The van der Waals surface area contributed by atoms with Gasteiger partial charge in [-0.3, -0.25) is 4.90 Å². The Labute approximate surface area is 224 Å². The van der Waals surface area contributed by atoms with Crippen LogP contribution in [0, 0.1) is 0 Å². The van der Waals surface area contributed by atoms with E-state index >= 15 is 0 Å². The third kappa shape index (κ3) is 6.83. The van der Waals surface area contributed by atoms with Gasteiger partial charge in [0.1, 0.15) is 5.75 Å². The molecule has 2 fully saturated rings. The summed E-state index contributed by atoms with van der Waals surface area (Å²) in [5, 5.41) is 3.93. The molecule has 3 aromatic carbocycles.